The number of benzene rings is 1. The van der Waals surface area contributed by atoms with Crippen LogP contribution in [0.25, 0.3) is 21.8 Å². The number of halogens is 2. The smallest absolute Gasteiger partial charge is 0.141 e. The molecule has 0 aliphatic rings. The van der Waals surface area contributed by atoms with Crippen LogP contribution in [0.5, 0.6) is 0 Å². The van der Waals surface area contributed by atoms with Crippen molar-refractivity contribution in [2.75, 3.05) is 0 Å². The fourth-order valence-corrected chi connectivity index (χ4v) is 2.96. The number of aryl methyl sites for hydroxylation is 2. The monoisotopic (exact) mass is 310 g/mol. The van der Waals surface area contributed by atoms with Crippen LogP contribution in [0.3, 0.4) is 0 Å². The van der Waals surface area contributed by atoms with Crippen molar-refractivity contribution < 1.29 is 0 Å². The zero-order valence-electron chi connectivity index (χ0n) is 9.20. The molecule has 0 saturated carbocycles. The summed E-state index contributed by atoms with van der Waals surface area (Å²) in [6.07, 6.45) is 1.80. The molecule has 0 aliphatic carbocycles. The van der Waals surface area contributed by atoms with Gasteiger partial charge in [0.15, 0.2) is 0 Å². The zero-order valence-corrected chi connectivity index (χ0v) is 11.5. The first-order valence-electron chi connectivity index (χ1n) is 5.02. The fraction of sp³-hybridized carbons (Fsp3) is 0.182. The minimum absolute atomic E-state index is 0.463. The zero-order chi connectivity index (χ0) is 12.2. The molecule has 0 saturated heterocycles. The van der Waals surface area contributed by atoms with E-state index in [4.69, 9.17) is 11.6 Å². The van der Waals surface area contributed by atoms with Gasteiger partial charge in [-0.3, -0.25) is 4.68 Å². The molecule has 0 amide bonds. The van der Waals surface area contributed by atoms with Crippen molar-refractivity contribution in [3.8, 4) is 0 Å². The summed E-state index contributed by atoms with van der Waals surface area (Å²) in [5.74, 6) is 0.658. The van der Waals surface area contributed by atoms with Crippen LogP contribution in [0.1, 0.15) is 5.82 Å². The lowest BCUT2D eigenvalue weighted by Gasteiger charge is -2.05. The van der Waals surface area contributed by atoms with E-state index in [1.54, 1.807) is 6.20 Å². The summed E-state index contributed by atoms with van der Waals surface area (Å²) in [7, 11) is 1.90. The Bertz CT molecular complexity index is 750. The molecule has 0 fully saturated rings. The Labute approximate surface area is 111 Å². The molecular formula is C11H8BrClN4. The highest BCUT2D eigenvalue weighted by molar-refractivity contribution is 9.10. The molecule has 86 valence electrons. The number of fused-ring (bicyclic) bond motifs is 3. The molecule has 3 rings (SSSR count). The predicted molar refractivity (Wildman–Crippen MR) is 71.3 cm³/mol. The minimum atomic E-state index is 0.463. The Morgan fingerprint density at radius 3 is 2.88 bits per heavy atom. The van der Waals surface area contributed by atoms with Crippen LogP contribution in [-0.4, -0.2) is 19.7 Å². The first kappa shape index (κ1) is 10.9. The lowest BCUT2D eigenvalue weighted by atomic mass is 10.2. The third kappa shape index (κ3) is 1.53. The summed E-state index contributed by atoms with van der Waals surface area (Å²) < 4.78 is 2.69. The normalized spacial score (nSPS) is 11.5. The van der Waals surface area contributed by atoms with E-state index in [0.29, 0.717) is 11.0 Å². The second-order valence-corrected chi connectivity index (χ2v) is 5.06. The quantitative estimate of drug-likeness (QED) is 0.599. The molecule has 1 aromatic carbocycles. The predicted octanol–water partition coefficient (Wildman–Crippen LogP) is 3.24. The van der Waals surface area contributed by atoms with Crippen LogP contribution in [0.4, 0.5) is 0 Å². The van der Waals surface area contributed by atoms with Crippen molar-refractivity contribution in [3.63, 3.8) is 0 Å². The van der Waals surface area contributed by atoms with Crippen molar-refractivity contribution in [3.05, 3.63) is 27.7 Å². The molecule has 0 aliphatic heterocycles. The van der Waals surface area contributed by atoms with Gasteiger partial charge in [0.1, 0.15) is 11.0 Å². The van der Waals surface area contributed by atoms with E-state index in [9.17, 15) is 0 Å². The summed E-state index contributed by atoms with van der Waals surface area (Å²) in [5, 5.41) is 6.52. The van der Waals surface area contributed by atoms with Gasteiger partial charge >= 0.3 is 0 Å². The summed E-state index contributed by atoms with van der Waals surface area (Å²) >= 11 is 9.67. The van der Waals surface area contributed by atoms with Crippen LogP contribution in [-0.2, 0) is 7.05 Å². The maximum atomic E-state index is 6.17. The molecule has 0 radical (unpaired) electrons. The van der Waals surface area contributed by atoms with Gasteiger partial charge in [0.25, 0.3) is 0 Å². The standard InChI is InChI=1S/C11H8BrClN4/c1-5-15-10-6-4-14-17(2)8(6)3-7(12)9(10)11(13)16-5/h3-4H,1-2H3. The van der Waals surface area contributed by atoms with Crippen molar-refractivity contribution in [1.82, 2.24) is 19.7 Å². The Kier molecular flexibility index (Phi) is 2.34. The van der Waals surface area contributed by atoms with Gasteiger partial charge in [-0.15, -0.1) is 0 Å². The van der Waals surface area contributed by atoms with Crippen LogP contribution >= 0.6 is 27.5 Å². The highest BCUT2D eigenvalue weighted by Crippen LogP contribution is 2.34. The van der Waals surface area contributed by atoms with Crippen molar-refractivity contribution >= 4 is 49.3 Å². The molecule has 2 aromatic heterocycles. The second-order valence-electron chi connectivity index (χ2n) is 3.84. The van der Waals surface area contributed by atoms with E-state index in [1.165, 1.54) is 0 Å². The van der Waals surface area contributed by atoms with Gasteiger partial charge in [-0.25, -0.2) is 9.97 Å². The van der Waals surface area contributed by atoms with Crippen molar-refractivity contribution in [2.24, 2.45) is 7.05 Å². The van der Waals surface area contributed by atoms with E-state index in [-0.39, 0.29) is 0 Å². The fourth-order valence-electron chi connectivity index (χ4n) is 1.94. The van der Waals surface area contributed by atoms with Gasteiger partial charge in [-0.05, 0) is 28.9 Å². The van der Waals surface area contributed by atoms with Crippen molar-refractivity contribution in [2.45, 2.75) is 6.92 Å². The number of hydrogen-bond donors (Lipinski definition) is 0. The van der Waals surface area contributed by atoms with E-state index < -0.39 is 0 Å². The molecule has 0 spiro atoms. The van der Waals surface area contributed by atoms with E-state index in [2.05, 4.69) is 31.0 Å². The molecule has 0 N–H and O–H groups in total. The summed E-state index contributed by atoms with van der Waals surface area (Å²) in [6.45, 7) is 1.83. The number of hydrogen-bond acceptors (Lipinski definition) is 3. The first-order chi connectivity index (χ1) is 8.08. The van der Waals surface area contributed by atoms with Crippen LogP contribution < -0.4 is 0 Å². The third-order valence-corrected chi connectivity index (χ3v) is 3.62. The van der Waals surface area contributed by atoms with Crippen LogP contribution in [0, 0.1) is 6.92 Å². The maximum Gasteiger partial charge on any atom is 0.141 e. The lowest BCUT2D eigenvalue weighted by Crippen LogP contribution is -1.93. The summed E-state index contributed by atoms with van der Waals surface area (Å²) in [6, 6.07) is 1.98. The Hall–Kier alpha value is -1.20. The summed E-state index contributed by atoms with van der Waals surface area (Å²) in [4.78, 5) is 8.63. The Morgan fingerprint density at radius 2 is 2.12 bits per heavy atom. The molecule has 17 heavy (non-hydrogen) atoms. The molecule has 0 atom stereocenters. The van der Waals surface area contributed by atoms with Gasteiger partial charge < -0.3 is 0 Å². The lowest BCUT2D eigenvalue weighted by molar-refractivity contribution is 0.797. The number of rotatable bonds is 0. The van der Waals surface area contributed by atoms with Gasteiger partial charge in [0, 0.05) is 16.9 Å². The van der Waals surface area contributed by atoms with E-state index in [1.807, 2.05) is 24.7 Å². The van der Waals surface area contributed by atoms with Gasteiger partial charge in [0.05, 0.1) is 22.6 Å². The number of nitrogens with zero attached hydrogens (tertiary/aromatic N) is 4. The van der Waals surface area contributed by atoms with E-state index in [0.717, 1.165) is 26.3 Å². The molecule has 2 heterocycles. The highest BCUT2D eigenvalue weighted by Gasteiger charge is 2.13. The maximum absolute atomic E-state index is 6.17. The number of aromatic nitrogens is 4. The van der Waals surface area contributed by atoms with Crippen LogP contribution in [0.2, 0.25) is 5.15 Å². The molecule has 0 bridgehead atoms. The minimum Gasteiger partial charge on any atom is -0.268 e. The SMILES string of the molecule is Cc1nc(Cl)c2c(Br)cc3c(cnn3C)c2n1. The molecule has 3 aromatic rings. The van der Waals surface area contributed by atoms with Gasteiger partial charge in [-0.2, -0.15) is 5.10 Å². The first-order valence-corrected chi connectivity index (χ1v) is 6.19. The Balaban J connectivity index is 2.65. The molecule has 0 unspecified atom stereocenters. The average Bonchev–Trinajstić information content (AvgIpc) is 2.60. The van der Waals surface area contributed by atoms with Crippen molar-refractivity contribution in [1.29, 1.82) is 0 Å². The topological polar surface area (TPSA) is 43.6 Å². The average molecular weight is 312 g/mol. The second kappa shape index (κ2) is 3.65. The molecule has 6 heteroatoms. The molecule has 4 nitrogen and oxygen atoms in total. The third-order valence-electron chi connectivity index (χ3n) is 2.72. The van der Waals surface area contributed by atoms with Gasteiger partial charge in [0.2, 0.25) is 0 Å². The Morgan fingerprint density at radius 1 is 1.35 bits per heavy atom. The van der Waals surface area contributed by atoms with Gasteiger partial charge in [-0.1, -0.05) is 11.6 Å². The summed E-state index contributed by atoms with van der Waals surface area (Å²) in [5.41, 5.74) is 1.85. The largest absolute Gasteiger partial charge is 0.268 e. The van der Waals surface area contributed by atoms with E-state index >= 15 is 0 Å². The highest BCUT2D eigenvalue weighted by atomic mass is 79.9. The van der Waals surface area contributed by atoms with Crippen LogP contribution in [0.15, 0.2) is 16.7 Å². The molecular weight excluding hydrogens is 304 g/mol.